The normalized spacial score (nSPS) is 17.2. The van der Waals surface area contributed by atoms with Crippen molar-refractivity contribution in [2.45, 2.75) is 46.6 Å². The molecule has 1 atom stereocenters. The van der Waals surface area contributed by atoms with E-state index in [1.165, 1.54) is 0 Å². The van der Waals surface area contributed by atoms with Crippen LogP contribution in [-0.4, -0.2) is 60.3 Å². The predicted octanol–water partition coefficient (Wildman–Crippen LogP) is 4.58. The summed E-state index contributed by atoms with van der Waals surface area (Å²) in [6.07, 6.45) is 6.29. The molecular weight excluding hydrogens is 458 g/mol. The smallest absolute Gasteiger partial charge is 0.322 e. The number of anilines is 1. The number of hydrogen-bond donors (Lipinski definition) is 3. The van der Waals surface area contributed by atoms with Gasteiger partial charge in [0, 0.05) is 43.7 Å². The van der Waals surface area contributed by atoms with Gasteiger partial charge in [-0.1, -0.05) is 20.8 Å². The second kappa shape index (κ2) is 10.9. The number of nitrogens with one attached hydrogen (secondary N) is 3. The number of ether oxygens (including phenoxy) is 2. The second-order valence-electron chi connectivity index (χ2n) is 9.46. The molecule has 1 aromatic carbocycles. The minimum Gasteiger partial charge on any atom is -0.489 e. The first-order valence-electron chi connectivity index (χ1n) is 12.6. The van der Waals surface area contributed by atoms with Gasteiger partial charge in [-0.2, -0.15) is 0 Å². The van der Waals surface area contributed by atoms with Gasteiger partial charge < -0.3 is 30.1 Å². The summed E-state index contributed by atoms with van der Waals surface area (Å²) in [5.41, 5.74) is 2.70. The van der Waals surface area contributed by atoms with E-state index in [4.69, 9.17) is 14.9 Å². The Labute approximate surface area is 212 Å². The summed E-state index contributed by atoms with van der Waals surface area (Å²) >= 11 is 0. The minimum atomic E-state index is -0.152. The molecule has 2 aliphatic rings. The van der Waals surface area contributed by atoms with Crippen molar-refractivity contribution < 1.29 is 19.1 Å². The number of rotatable bonds is 8. The maximum Gasteiger partial charge on any atom is 0.322 e. The van der Waals surface area contributed by atoms with Crippen molar-refractivity contribution in [1.29, 1.82) is 5.41 Å². The first kappa shape index (κ1) is 25.3. The van der Waals surface area contributed by atoms with E-state index in [9.17, 15) is 9.59 Å². The Morgan fingerprint density at radius 1 is 1.33 bits per heavy atom. The lowest BCUT2D eigenvalue weighted by atomic mass is 9.91. The summed E-state index contributed by atoms with van der Waals surface area (Å²) in [4.78, 5) is 32.5. The Hall–Kier alpha value is -3.75. The van der Waals surface area contributed by atoms with Gasteiger partial charge in [-0.15, -0.1) is 0 Å². The van der Waals surface area contributed by atoms with Crippen LogP contribution in [0.4, 0.5) is 10.5 Å². The lowest BCUT2D eigenvalue weighted by Crippen LogP contribution is -2.53. The lowest BCUT2D eigenvalue weighted by Gasteiger charge is -2.43. The van der Waals surface area contributed by atoms with Crippen LogP contribution in [0.25, 0.3) is 5.76 Å². The topological polar surface area (TPSA) is 111 Å². The SMILES string of the molecule is CCCNC(=O)N1CCOc2cc(O/C(=C/C=N)c3[nH]cc(C(=O)N4CCC4C(C)C)c3C)ccc21. The summed E-state index contributed by atoms with van der Waals surface area (Å²) in [6, 6.07) is 5.42. The average Bonchev–Trinajstić information content (AvgIpc) is 3.21. The van der Waals surface area contributed by atoms with Crippen molar-refractivity contribution in [3.63, 3.8) is 0 Å². The third-order valence-electron chi connectivity index (χ3n) is 6.74. The number of carbonyl (C=O) groups excluding carboxylic acids is 2. The highest BCUT2D eigenvalue weighted by Crippen LogP contribution is 2.37. The molecule has 3 heterocycles. The highest BCUT2D eigenvalue weighted by molar-refractivity contribution is 5.98. The molecule has 0 spiro atoms. The lowest BCUT2D eigenvalue weighted by molar-refractivity contribution is 0.0347. The average molecular weight is 494 g/mol. The van der Waals surface area contributed by atoms with Crippen LogP contribution < -0.4 is 19.7 Å². The number of aromatic nitrogens is 1. The first-order chi connectivity index (χ1) is 17.3. The van der Waals surface area contributed by atoms with Gasteiger partial charge in [-0.05, 0) is 43.4 Å². The molecule has 1 saturated heterocycles. The van der Waals surface area contributed by atoms with Crippen LogP contribution in [0.15, 0.2) is 30.5 Å². The van der Waals surface area contributed by atoms with Crippen LogP contribution >= 0.6 is 0 Å². The van der Waals surface area contributed by atoms with Gasteiger partial charge in [-0.25, -0.2) is 4.79 Å². The zero-order valence-electron chi connectivity index (χ0n) is 21.4. The summed E-state index contributed by atoms with van der Waals surface area (Å²) in [7, 11) is 0. The van der Waals surface area contributed by atoms with E-state index in [2.05, 4.69) is 24.1 Å². The van der Waals surface area contributed by atoms with Crippen molar-refractivity contribution >= 4 is 29.6 Å². The number of aromatic amines is 1. The molecule has 4 rings (SSSR count). The van der Waals surface area contributed by atoms with Crippen molar-refractivity contribution in [3.05, 3.63) is 47.3 Å². The molecule has 192 valence electrons. The third-order valence-corrected chi connectivity index (χ3v) is 6.74. The fourth-order valence-electron chi connectivity index (χ4n) is 4.65. The number of urea groups is 1. The van der Waals surface area contributed by atoms with Gasteiger partial charge in [0.15, 0.2) is 5.76 Å². The molecule has 0 bridgehead atoms. The summed E-state index contributed by atoms with van der Waals surface area (Å²) in [6.45, 7) is 10.4. The van der Waals surface area contributed by atoms with E-state index in [-0.39, 0.29) is 18.0 Å². The first-order valence-corrected chi connectivity index (χ1v) is 12.6. The van der Waals surface area contributed by atoms with Gasteiger partial charge in [0.2, 0.25) is 0 Å². The Bertz CT molecular complexity index is 1170. The number of hydrogen-bond acceptors (Lipinski definition) is 5. The quantitative estimate of drug-likeness (QED) is 0.369. The van der Waals surface area contributed by atoms with Gasteiger partial charge in [-0.3, -0.25) is 9.69 Å². The van der Waals surface area contributed by atoms with E-state index in [0.717, 1.165) is 31.2 Å². The van der Waals surface area contributed by atoms with Crippen LogP contribution in [0.2, 0.25) is 0 Å². The molecule has 36 heavy (non-hydrogen) atoms. The second-order valence-corrected chi connectivity index (χ2v) is 9.46. The molecular formula is C27H35N5O4. The summed E-state index contributed by atoms with van der Waals surface area (Å²) < 4.78 is 12.0. The number of amides is 3. The van der Waals surface area contributed by atoms with Gasteiger partial charge in [0.1, 0.15) is 18.1 Å². The molecule has 2 aromatic rings. The molecule has 1 unspecified atom stereocenters. The predicted molar refractivity (Wildman–Crippen MR) is 140 cm³/mol. The van der Waals surface area contributed by atoms with E-state index in [0.29, 0.717) is 59.8 Å². The Morgan fingerprint density at radius 3 is 2.81 bits per heavy atom. The van der Waals surface area contributed by atoms with E-state index >= 15 is 0 Å². The Morgan fingerprint density at radius 2 is 2.14 bits per heavy atom. The largest absolute Gasteiger partial charge is 0.489 e. The number of H-pyrrole nitrogens is 1. The molecule has 1 fully saturated rings. The van der Waals surface area contributed by atoms with Gasteiger partial charge in [0.25, 0.3) is 5.91 Å². The van der Waals surface area contributed by atoms with Crippen molar-refractivity contribution in [2.24, 2.45) is 5.92 Å². The number of allylic oxidation sites excluding steroid dienone is 1. The zero-order valence-corrected chi connectivity index (χ0v) is 21.4. The monoisotopic (exact) mass is 493 g/mol. The molecule has 9 heteroatoms. The molecule has 3 N–H and O–H groups in total. The Balaban J connectivity index is 1.54. The van der Waals surface area contributed by atoms with Crippen molar-refractivity contribution in [3.8, 4) is 11.5 Å². The highest BCUT2D eigenvalue weighted by Gasteiger charge is 2.36. The third kappa shape index (κ3) is 4.96. The fourth-order valence-corrected chi connectivity index (χ4v) is 4.65. The minimum absolute atomic E-state index is 0.0118. The fraction of sp³-hybridized carbons (Fsp3) is 0.444. The van der Waals surface area contributed by atoms with Gasteiger partial charge in [0.05, 0.1) is 23.5 Å². The van der Waals surface area contributed by atoms with Crippen LogP contribution in [0.1, 0.15) is 55.2 Å². The maximum atomic E-state index is 13.2. The van der Waals surface area contributed by atoms with Crippen molar-refractivity contribution in [2.75, 3.05) is 31.1 Å². The molecule has 2 aliphatic heterocycles. The van der Waals surface area contributed by atoms with Crippen molar-refractivity contribution in [1.82, 2.24) is 15.2 Å². The van der Waals surface area contributed by atoms with Crippen LogP contribution in [0.3, 0.4) is 0 Å². The zero-order chi connectivity index (χ0) is 25.8. The number of nitrogens with zero attached hydrogens (tertiary/aromatic N) is 2. The molecule has 1 aromatic heterocycles. The highest BCUT2D eigenvalue weighted by atomic mass is 16.5. The van der Waals surface area contributed by atoms with E-state index in [1.807, 2.05) is 18.7 Å². The van der Waals surface area contributed by atoms with Gasteiger partial charge >= 0.3 is 6.03 Å². The molecule has 0 radical (unpaired) electrons. The number of fused-ring (bicyclic) bond motifs is 1. The number of benzene rings is 1. The molecule has 9 nitrogen and oxygen atoms in total. The summed E-state index contributed by atoms with van der Waals surface area (Å²) in [5.74, 6) is 1.90. The van der Waals surface area contributed by atoms with Crippen LogP contribution in [-0.2, 0) is 0 Å². The van der Waals surface area contributed by atoms with E-state index < -0.39 is 0 Å². The summed E-state index contributed by atoms with van der Waals surface area (Å²) in [5, 5.41) is 10.5. The molecule has 3 amide bonds. The van der Waals surface area contributed by atoms with E-state index in [1.54, 1.807) is 35.4 Å². The standard InChI is InChI=1S/C27H35N5O4/c1-5-11-29-27(34)32-13-14-35-24-15-19(6-7-22(24)32)36-23(8-10-28)25-18(4)20(16-30-25)26(33)31-12-9-21(31)17(2)3/h6-8,10,15-17,21,28,30H,5,9,11-14H2,1-4H3,(H,29,34)/b23-8+,28-10?. The molecule has 0 aliphatic carbocycles. The number of likely N-dealkylation sites (tertiary alicyclic amines) is 1. The Kier molecular flexibility index (Phi) is 7.67. The maximum absolute atomic E-state index is 13.2. The van der Waals surface area contributed by atoms with Crippen LogP contribution in [0, 0.1) is 18.3 Å². The number of carbonyl (C=O) groups is 2. The van der Waals surface area contributed by atoms with Crippen LogP contribution in [0.5, 0.6) is 11.5 Å². The molecule has 0 saturated carbocycles.